The smallest absolute Gasteiger partial charge is 0.335 e. The number of carboxylic acid groups (broad SMARTS) is 1. The highest BCUT2D eigenvalue weighted by Gasteiger charge is 2.18. The molecular formula is C18H12N4O6S2. The Hall–Kier alpha value is -3.82. The van der Waals surface area contributed by atoms with Crippen LogP contribution in [0.5, 0.6) is 0 Å². The molecule has 0 atom stereocenters. The minimum atomic E-state index is -3.56. The second-order valence-corrected chi connectivity index (χ2v) is 9.02. The number of nitrogens with zero attached hydrogens (tertiary/aromatic N) is 3. The van der Waals surface area contributed by atoms with Crippen molar-refractivity contribution < 1.29 is 27.5 Å². The van der Waals surface area contributed by atoms with Crippen LogP contribution in [0.1, 0.15) is 16.1 Å². The first kappa shape index (κ1) is 20.9. The molecule has 1 aromatic carbocycles. The number of benzene rings is 1. The van der Waals surface area contributed by atoms with Crippen LogP contribution in [0, 0.1) is 11.3 Å². The molecule has 0 aliphatic rings. The number of sulfone groups is 1. The molecule has 0 aliphatic carbocycles. The average molecular weight is 444 g/mol. The van der Waals surface area contributed by atoms with Crippen molar-refractivity contribution in [2.24, 2.45) is 0 Å². The molecule has 0 fully saturated rings. The first-order chi connectivity index (χ1) is 14.2. The van der Waals surface area contributed by atoms with Gasteiger partial charge in [-0.3, -0.25) is 10.1 Å². The Morgan fingerprint density at radius 3 is 2.67 bits per heavy atom. The van der Waals surface area contributed by atoms with Crippen molar-refractivity contribution in [3.8, 4) is 17.4 Å². The summed E-state index contributed by atoms with van der Waals surface area (Å²) < 4.78 is 28.2. The molecule has 3 aromatic rings. The third kappa shape index (κ3) is 4.77. The fourth-order valence-electron chi connectivity index (χ4n) is 2.26. The fourth-order valence-corrected chi connectivity index (χ4v) is 3.76. The maximum atomic E-state index is 12.3. The topological polar surface area (TPSA) is 163 Å². The Bertz CT molecular complexity index is 1310. The van der Waals surface area contributed by atoms with E-state index in [2.05, 4.69) is 15.5 Å². The molecule has 3 rings (SSSR count). The van der Waals surface area contributed by atoms with Crippen molar-refractivity contribution in [2.45, 2.75) is 4.34 Å². The van der Waals surface area contributed by atoms with Crippen molar-refractivity contribution in [1.82, 2.24) is 10.2 Å². The van der Waals surface area contributed by atoms with E-state index in [4.69, 9.17) is 9.52 Å². The highest BCUT2D eigenvalue weighted by atomic mass is 32.2. The fraction of sp³-hybridized carbons (Fsp3) is 0.0556. The summed E-state index contributed by atoms with van der Waals surface area (Å²) in [5.74, 6) is -1.36. The van der Waals surface area contributed by atoms with Gasteiger partial charge in [0.15, 0.2) is 0 Å². The average Bonchev–Trinajstić information content (AvgIpc) is 3.35. The molecule has 0 spiro atoms. The van der Waals surface area contributed by atoms with E-state index in [1.54, 1.807) is 24.3 Å². The molecule has 2 heterocycles. The third-order valence-corrected chi connectivity index (χ3v) is 6.12. The van der Waals surface area contributed by atoms with Gasteiger partial charge in [0.1, 0.15) is 23.2 Å². The summed E-state index contributed by atoms with van der Waals surface area (Å²) in [6, 6.07) is 10.9. The van der Waals surface area contributed by atoms with Crippen LogP contribution in [-0.2, 0) is 14.6 Å². The molecule has 0 bridgehead atoms. The molecule has 10 nitrogen and oxygen atoms in total. The lowest BCUT2D eigenvalue weighted by Crippen LogP contribution is -2.13. The van der Waals surface area contributed by atoms with E-state index in [1.165, 1.54) is 24.3 Å². The summed E-state index contributed by atoms with van der Waals surface area (Å²) in [4.78, 5) is 23.4. The van der Waals surface area contributed by atoms with Crippen LogP contribution in [-0.4, -0.2) is 41.9 Å². The number of carbonyl (C=O) groups excluding carboxylic acids is 1. The van der Waals surface area contributed by atoms with Crippen LogP contribution in [0.4, 0.5) is 5.13 Å². The maximum absolute atomic E-state index is 12.3. The summed E-state index contributed by atoms with van der Waals surface area (Å²) in [6.07, 6.45) is 2.15. The minimum absolute atomic E-state index is 0.0767. The number of carbonyl (C=O) groups is 2. The standard InChI is InChI=1S/C18H12N4O6S2/c1-30(26,27)18-22-21-17(29-18)20-15(23)12(9-19)8-13-5-6-14(28-13)10-3-2-4-11(7-10)16(24)25/h2-8H,1H3,(H,24,25)(H,20,21,23)/b12-8-. The van der Waals surface area contributed by atoms with Gasteiger partial charge in [0.05, 0.1) is 5.56 Å². The van der Waals surface area contributed by atoms with E-state index in [9.17, 15) is 23.3 Å². The number of hydrogen-bond donors (Lipinski definition) is 2. The predicted molar refractivity (Wildman–Crippen MR) is 106 cm³/mol. The number of aromatic nitrogens is 2. The van der Waals surface area contributed by atoms with Crippen molar-refractivity contribution in [2.75, 3.05) is 11.6 Å². The summed E-state index contributed by atoms with van der Waals surface area (Å²) in [7, 11) is -3.56. The number of furan rings is 1. The Morgan fingerprint density at radius 2 is 2.03 bits per heavy atom. The maximum Gasteiger partial charge on any atom is 0.335 e. The molecule has 30 heavy (non-hydrogen) atoms. The number of hydrogen-bond acceptors (Lipinski definition) is 9. The zero-order chi connectivity index (χ0) is 21.9. The Balaban J connectivity index is 1.80. The highest BCUT2D eigenvalue weighted by Crippen LogP contribution is 2.25. The molecule has 2 aromatic heterocycles. The van der Waals surface area contributed by atoms with E-state index in [1.807, 2.05) is 0 Å². The van der Waals surface area contributed by atoms with E-state index in [0.717, 1.165) is 6.26 Å². The molecular weight excluding hydrogens is 432 g/mol. The molecule has 1 amide bonds. The van der Waals surface area contributed by atoms with Crippen molar-refractivity contribution in [3.05, 3.63) is 53.3 Å². The number of anilines is 1. The van der Waals surface area contributed by atoms with Crippen LogP contribution in [0.3, 0.4) is 0 Å². The molecule has 0 unspecified atom stereocenters. The van der Waals surface area contributed by atoms with Gasteiger partial charge in [-0.15, -0.1) is 10.2 Å². The summed E-state index contributed by atoms with van der Waals surface area (Å²) in [5.41, 5.74) is 0.287. The van der Waals surface area contributed by atoms with Gasteiger partial charge in [0, 0.05) is 17.9 Å². The molecule has 2 N–H and O–H groups in total. The van der Waals surface area contributed by atoms with Gasteiger partial charge < -0.3 is 9.52 Å². The van der Waals surface area contributed by atoms with Gasteiger partial charge in [-0.05, 0) is 24.3 Å². The molecule has 0 saturated heterocycles. The molecule has 152 valence electrons. The summed E-state index contributed by atoms with van der Waals surface area (Å²) >= 11 is 0.657. The molecule has 0 saturated carbocycles. The minimum Gasteiger partial charge on any atom is -0.478 e. The zero-order valence-corrected chi connectivity index (χ0v) is 16.8. The first-order valence-corrected chi connectivity index (χ1v) is 10.8. The zero-order valence-electron chi connectivity index (χ0n) is 15.2. The van der Waals surface area contributed by atoms with E-state index < -0.39 is 21.7 Å². The van der Waals surface area contributed by atoms with Crippen LogP contribution in [0.2, 0.25) is 0 Å². The predicted octanol–water partition coefficient (Wildman–Crippen LogP) is 2.45. The Morgan fingerprint density at radius 1 is 1.27 bits per heavy atom. The lowest BCUT2D eigenvalue weighted by Gasteiger charge is -2.00. The third-order valence-electron chi connectivity index (χ3n) is 3.62. The Labute approximate surface area is 174 Å². The van der Waals surface area contributed by atoms with Gasteiger partial charge in [-0.25, -0.2) is 13.2 Å². The lowest BCUT2D eigenvalue weighted by molar-refractivity contribution is -0.112. The SMILES string of the molecule is CS(=O)(=O)c1nnc(NC(=O)/C(C#N)=C\c2ccc(-c3cccc(C(=O)O)c3)o2)s1. The summed E-state index contributed by atoms with van der Waals surface area (Å²) in [6.45, 7) is 0. The second kappa shape index (κ2) is 8.27. The monoisotopic (exact) mass is 444 g/mol. The van der Waals surface area contributed by atoms with E-state index >= 15 is 0 Å². The first-order valence-electron chi connectivity index (χ1n) is 8.07. The number of nitriles is 1. The highest BCUT2D eigenvalue weighted by molar-refractivity contribution is 7.92. The quantitative estimate of drug-likeness (QED) is 0.330. The van der Waals surface area contributed by atoms with Crippen LogP contribution in [0.15, 0.2) is 50.7 Å². The second-order valence-electron chi connectivity index (χ2n) is 5.86. The van der Waals surface area contributed by atoms with Gasteiger partial charge in [0.2, 0.25) is 19.3 Å². The van der Waals surface area contributed by atoms with Crippen LogP contribution in [0.25, 0.3) is 17.4 Å². The van der Waals surface area contributed by atoms with Gasteiger partial charge in [-0.2, -0.15) is 5.26 Å². The Kier molecular flexibility index (Phi) is 5.77. The van der Waals surface area contributed by atoms with Crippen molar-refractivity contribution >= 4 is 44.3 Å². The number of amides is 1. The molecule has 0 aliphatic heterocycles. The lowest BCUT2D eigenvalue weighted by atomic mass is 10.1. The van der Waals surface area contributed by atoms with Gasteiger partial charge in [0.25, 0.3) is 5.91 Å². The van der Waals surface area contributed by atoms with Crippen LogP contribution >= 0.6 is 11.3 Å². The van der Waals surface area contributed by atoms with Crippen molar-refractivity contribution in [3.63, 3.8) is 0 Å². The largest absolute Gasteiger partial charge is 0.478 e. The molecule has 0 radical (unpaired) electrons. The van der Waals surface area contributed by atoms with Gasteiger partial charge in [-0.1, -0.05) is 23.5 Å². The number of nitrogens with one attached hydrogen (secondary N) is 1. The van der Waals surface area contributed by atoms with Gasteiger partial charge >= 0.3 is 5.97 Å². The van der Waals surface area contributed by atoms with Crippen LogP contribution < -0.4 is 5.32 Å². The normalized spacial score (nSPS) is 11.7. The molecule has 12 heteroatoms. The number of rotatable bonds is 6. The number of aromatic carboxylic acids is 1. The van der Waals surface area contributed by atoms with Crippen molar-refractivity contribution in [1.29, 1.82) is 5.26 Å². The summed E-state index contributed by atoms with van der Waals surface area (Å²) in [5, 5.41) is 27.6. The number of carboxylic acids is 1. The van der Waals surface area contributed by atoms with E-state index in [0.29, 0.717) is 22.7 Å². The van der Waals surface area contributed by atoms with E-state index in [-0.39, 0.29) is 26.4 Å².